The smallest absolute Gasteiger partial charge is 0.317 e. The molecular formula is C21H16Cl2N4O3. The van der Waals surface area contributed by atoms with Gasteiger partial charge in [0.1, 0.15) is 0 Å². The number of rotatable bonds is 5. The molecule has 4 rings (SSSR count). The Labute approximate surface area is 180 Å². The summed E-state index contributed by atoms with van der Waals surface area (Å²) in [6, 6.07) is 13.2. The molecule has 30 heavy (non-hydrogen) atoms. The Morgan fingerprint density at radius 1 is 1.03 bits per heavy atom. The van der Waals surface area contributed by atoms with Crippen LogP contribution in [0.25, 0.3) is 16.9 Å². The molecule has 0 aliphatic heterocycles. The maximum atomic E-state index is 13.0. The van der Waals surface area contributed by atoms with Crippen molar-refractivity contribution in [1.82, 2.24) is 18.7 Å². The molecule has 7 nitrogen and oxygen atoms in total. The summed E-state index contributed by atoms with van der Waals surface area (Å²) in [6.45, 7) is 1.77. The number of carbonyl (C=O) groups excluding carboxylic acids is 1. The van der Waals surface area contributed by atoms with Gasteiger partial charge in [-0.2, -0.15) is 0 Å². The molecule has 0 bridgehead atoms. The van der Waals surface area contributed by atoms with Gasteiger partial charge in [-0.15, -0.1) is 0 Å². The Morgan fingerprint density at radius 3 is 2.43 bits per heavy atom. The summed E-state index contributed by atoms with van der Waals surface area (Å²) < 4.78 is 3.89. The van der Waals surface area contributed by atoms with Gasteiger partial charge < -0.3 is 4.57 Å². The lowest BCUT2D eigenvalue weighted by Gasteiger charge is -2.11. The van der Waals surface area contributed by atoms with Crippen LogP contribution in [0, 0.1) is 0 Å². The lowest BCUT2D eigenvalue weighted by molar-refractivity contribution is 0.0973. The third kappa shape index (κ3) is 3.46. The van der Waals surface area contributed by atoms with Gasteiger partial charge in [-0.05, 0) is 49.4 Å². The van der Waals surface area contributed by atoms with Crippen molar-refractivity contribution in [1.29, 1.82) is 0 Å². The van der Waals surface area contributed by atoms with E-state index in [4.69, 9.17) is 23.2 Å². The fraction of sp³-hybridized carbons (Fsp3) is 0.143. The van der Waals surface area contributed by atoms with E-state index < -0.39 is 11.2 Å². The molecule has 0 aliphatic rings. The lowest BCUT2D eigenvalue weighted by atomic mass is 10.1. The highest BCUT2D eigenvalue weighted by Crippen LogP contribution is 2.18. The molecule has 2 aromatic carbocycles. The molecule has 9 heteroatoms. The zero-order chi connectivity index (χ0) is 21.4. The van der Waals surface area contributed by atoms with Crippen LogP contribution in [0.15, 0.2) is 64.4 Å². The van der Waals surface area contributed by atoms with E-state index in [1.807, 2.05) is 0 Å². The van der Waals surface area contributed by atoms with Gasteiger partial charge in [0.2, 0.25) is 0 Å². The minimum atomic E-state index is -0.522. The standard InChI is InChI=1S/C21H16Cl2N4O3/c1-2-26-20(29)18-19(27(21(26)30)16-5-3-4-15(23)10-16)24-12-25(18)11-17(28)13-6-8-14(22)9-7-13/h3-10,12H,2,11H2,1H3. The zero-order valence-electron chi connectivity index (χ0n) is 15.9. The van der Waals surface area contributed by atoms with E-state index in [0.29, 0.717) is 21.3 Å². The van der Waals surface area contributed by atoms with Crippen LogP contribution in [0.3, 0.4) is 0 Å². The van der Waals surface area contributed by atoms with Gasteiger partial charge in [0.05, 0.1) is 18.6 Å². The van der Waals surface area contributed by atoms with Crippen LogP contribution in [-0.2, 0) is 13.1 Å². The van der Waals surface area contributed by atoms with E-state index in [2.05, 4.69) is 4.98 Å². The number of Topliss-reactive ketones (excluding diaryl/α,β-unsaturated/α-hetero) is 1. The number of benzene rings is 2. The molecule has 0 saturated heterocycles. The number of aromatic nitrogens is 4. The van der Waals surface area contributed by atoms with Crippen LogP contribution >= 0.6 is 23.2 Å². The summed E-state index contributed by atoms with van der Waals surface area (Å²) in [5.41, 5.74) is 0.248. The van der Waals surface area contributed by atoms with Crippen molar-refractivity contribution in [3.8, 4) is 5.69 Å². The van der Waals surface area contributed by atoms with Gasteiger partial charge in [-0.25, -0.2) is 14.3 Å². The molecule has 4 aromatic rings. The van der Waals surface area contributed by atoms with E-state index in [0.717, 1.165) is 4.57 Å². The number of hydrogen-bond donors (Lipinski definition) is 0. The number of carbonyl (C=O) groups is 1. The largest absolute Gasteiger partial charge is 0.337 e. The van der Waals surface area contributed by atoms with Gasteiger partial charge in [0.15, 0.2) is 16.9 Å². The number of fused-ring (bicyclic) bond motifs is 1. The Balaban J connectivity index is 1.91. The molecule has 2 aromatic heterocycles. The second-order valence-corrected chi connectivity index (χ2v) is 7.49. The zero-order valence-corrected chi connectivity index (χ0v) is 17.4. The van der Waals surface area contributed by atoms with Crippen molar-refractivity contribution in [2.45, 2.75) is 20.0 Å². The van der Waals surface area contributed by atoms with Crippen LogP contribution in [0.1, 0.15) is 17.3 Å². The molecule has 2 heterocycles. The van der Waals surface area contributed by atoms with Crippen molar-refractivity contribution < 1.29 is 4.79 Å². The minimum absolute atomic E-state index is 0.106. The van der Waals surface area contributed by atoms with E-state index in [1.54, 1.807) is 55.5 Å². The fourth-order valence-corrected chi connectivity index (χ4v) is 3.62. The average Bonchev–Trinajstić information content (AvgIpc) is 3.12. The summed E-state index contributed by atoms with van der Waals surface area (Å²) in [6.07, 6.45) is 1.39. The number of imidazole rings is 1. The number of ketones is 1. The predicted molar refractivity (Wildman–Crippen MR) is 116 cm³/mol. The molecule has 0 fully saturated rings. The SMILES string of the molecule is CCn1c(=O)c2c(ncn2CC(=O)c2ccc(Cl)cc2)n(-c2cccc(Cl)c2)c1=O. The monoisotopic (exact) mass is 442 g/mol. The van der Waals surface area contributed by atoms with Gasteiger partial charge in [-0.3, -0.25) is 14.2 Å². The maximum absolute atomic E-state index is 13.0. The molecule has 152 valence electrons. The lowest BCUT2D eigenvalue weighted by Crippen LogP contribution is -2.39. The van der Waals surface area contributed by atoms with Gasteiger partial charge >= 0.3 is 5.69 Å². The van der Waals surface area contributed by atoms with E-state index in [-0.39, 0.29) is 30.0 Å². The first-order valence-electron chi connectivity index (χ1n) is 9.16. The highest BCUT2D eigenvalue weighted by molar-refractivity contribution is 6.31. The van der Waals surface area contributed by atoms with Crippen LogP contribution in [-0.4, -0.2) is 24.5 Å². The minimum Gasteiger partial charge on any atom is -0.317 e. The predicted octanol–water partition coefficient (Wildman–Crippen LogP) is 3.56. The summed E-state index contributed by atoms with van der Waals surface area (Å²) in [5, 5.41) is 0.968. The van der Waals surface area contributed by atoms with Gasteiger partial charge in [0.25, 0.3) is 5.56 Å². The van der Waals surface area contributed by atoms with Crippen molar-refractivity contribution in [3.63, 3.8) is 0 Å². The highest BCUT2D eigenvalue weighted by Gasteiger charge is 2.20. The third-order valence-corrected chi connectivity index (χ3v) is 5.25. The van der Waals surface area contributed by atoms with Crippen LogP contribution in [0.5, 0.6) is 0 Å². The van der Waals surface area contributed by atoms with Crippen LogP contribution in [0.4, 0.5) is 0 Å². The second-order valence-electron chi connectivity index (χ2n) is 6.62. The molecule has 0 saturated carbocycles. The van der Waals surface area contributed by atoms with Crippen molar-refractivity contribution >= 4 is 40.1 Å². The highest BCUT2D eigenvalue weighted by atomic mass is 35.5. The van der Waals surface area contributed by atoms with Crippen LogP contribution in [0.2, 0.25) is 10.0 Å². The maximum Gasteiger partial charge on any atom is 0.337 e. The molecule has 0 spiro atoms. The summed E-state index contributed by atoms with van der Waals surface area (Å²) >= 11 is 12.0. The van der Waals surface area contributed by atoms with Crippen molar-refractivity contribution in [3.05, 3.63) is 91.3 Å². The molecule has 0 radical (unpaired) electrons. The van der Waals surface area contributed by atoms with Crippen LogP contribution < -0.4 is 11.2 Å². The van der Waals surface area contributed by atoms with Gasteiger partial charge in [-0.1, -0.05) is 29.3 Å². The van der Waals surface area contributed by atoms with Crippen molar-refractivity contribution in [2.24, 2.45) is 0 Å². The Bertz CT molecular complexity index is 1380. The molecule has 0 amide bonds. The number of halogens is 2. The first kappa shape index (κ1) is 20.1. The Kier molecular flexibility index (Phi) is 5.32. The molecule has 0 N–H and O–H groups in total. The molecule has 0 unspecified atom stereocenters. The summed E-state index contributed by atoms with van der Waals surface area (Å²) in [7, 11) is 0. The van der Waals surface area contributed by atoms with Gasteiger partial charge in [0, 0.05) is 22.2 Å². The summed E-state index contributed by atoms with van der Waals surface area (Å²) in [4.78, 5) is 43.0. The number of hydrogen-bond acceptors (Lipinski definition) is 4. The van der Waals surface area contributed by atoms with Crippen molar-refractivity contribution in [2.75, 3.05) is 0 Å². The van der Waals surface area contributed by atoms with E-state index in [9.17, 15) is 14.4 Å². The second kappa shape index (κ2) is 7.93. The molecule has 0 atom stereocenters. The van der Waals surface area contributed by atoms with E-state index >= 15 is 0 Å². The normalized spacial score (nSPS) is 11.2. The first-order valence-corrected chi connectivity index (χ1v) is 9.91. The topological polar surface area (TPSA) is 78.9 Å². The third-order valence-electron chi connectivity index (χ3n) is 4.76. The summed E-state index contributed by atoms with van der Waals surface area (Å²) in [5.74, 6) is -0.214. The quantitative estimate of drug-likeness (QED) is 0.442. The molecule has 0 aliphatic carbocycles. The molecular weight excluding hydrogens is 427 g/mol. The van der Waals surface area contributed by atoms with E-state index in [1.165, 1.54) is 15.5 Å². The number of nitrogens with zero attached hydrogens (tertiary/aromatic N) is 4. The average molecular weight is 443 g/mol. The first-order chi connectivity index (χ1) is 14.4. The fourth-order valence-electron chi connectivity index (χ4n) is 3.31. The Hall–Kier alpha value is -3.16. The Morgan fingerprint density at radius 2 is 1.77 bits per heavy atom.